The molecule has 0 bridgehead atoms. The minimum Gasteiger partial charge on any atom is -0.362 e. The van der Waals surface area contributed by atoms with E-state index in [0.717, 1.165) is 41.4 Å². The van der Waals surface area contributed by atoms with Gasteiger partial charge in [0.25, 0.3) is 5.78 Å². The van der Waals surface area contributed by atoms with Crippen molar-refractivity contribution in [1.82, 2.24) is 24.7 Å². The average Bonchev–Trinajstić information content (AvgIpc) is 3.18. The van der Waals surface area contributed by atoms with Crippen LogP contribution < -0.4 is 5.32 Å². The van der Waals surface area contributed by atoms with Crippen molar-refractivity contribution in [2.45, 2.75) is 53.0 Å². The molecule has 0 aliphatic heterocycles. The molecule has 0 saturated carbocycles. The largest absolute Gasteiger partial charge is 0.362 e. The van der Waals surface area contributed by atoms with Crippen LogP contribution in [0.1, 0.15) is 55.3 Å². The molecule has 3 rings (SSSR count). The van der Waals surface area contributed by atoms with Gasteiger partial charge in [-0.1, -0.05) is 19.0 Å². The summed E-state index contributed by atoms with van der Waals surface area (Å²) < 4.78 is 7.17. The number of nitrogens with zero attached hydrogens (tertiary/aromatic N) is 5. The summed E-state index contributed by atoms with van der Waals surface area (Å²) in [5.41, 5.74) is 3.01. The summed E-state index contributed by atoms with van der Waals surface area (Å²) in [4.78, 5) is 8.56. The predicted molar refractivity (Wildman–Crippen MR) is 87.4 cm³/mol. The molecule has 0 atom stereocenters. The molecule has 0 unspecified atom stereocenters. The molecule has 23 heavy (non-hydrogen) atoms. The number of hydrogen-bond acceptors (Lipinski definition) is 6. The average molecular weight is 314 g/mol. The maximum absolute atomic E-state index is 5.46. The number of anilines is 1. The van der Waals surface area contributed by atoms with E-state index in [9.17, 15) is 0 Å². The third kappa shape index (κ3) is 2.91. The normalized spacial score (nSPS) is 11.5. The highest BCUT2D eigenvalue weighted by Gasteiger charge is 2.15. The highest BCUT2D eigenvalue weighted by atomic mass is 16.5. The molecular formula is C16H22N6O. The number of hydrogen-bond donors (Lipinski definition) is 1. The van der Waals surface area contributed by atoms with E-state index in [1.165, 1.54) is 6.33 Å². The van der Waals surface area contributed by atoms with Crippen LogP contribution in [-0.2, 0) is 6.54 Å². The summed E-state index contributed by atoms with van der Waals surface area (Å²) in [7, 11) is 0. The van der Waals surface area contributed by atoms with Crippen LogP contribution in [0.25, 0.3) is 5.78 Å². The molecular weight excluding hydrogens is 292 g/mol. The molecule has 0 radical (unpaired) electrons. The van der Waals surface area contributed by atoms with Crippen molar-refractivity contribution < 1.29 is 4.52 Å². The second-order valence-corrected chi connectivity index (χ2v) is 5.73. The van der Waals surface area contributed by atoms with Crippen molar-refractivity contribution in [3.05, 3.63) is 35.1 Å². The first-order valence-electron chi connectivity index (χ1n) is 8.00. The lowest BCUT2D eigenvalue weighted by atomic mass is 9.99. The van der Waals surface area contributed by atoms with E-state index >= 15 is 0 Å². The Labute approximate surface area is 135 Å². The summed E-state index contributed by atoms with van der Waals surface area (Å²) in [6, 6.07) is 2.03. The molecule has 122 valence electrons. The summed E-state index contributed by atoms with van der Waals surface area (Å²) in [6.45, 7) is 8.87. The highest BCUT2D eigenvalue weighted by molar-refractivity contribution is 5.51. The van der Waals surface area contributed by atoms with Crippen molar-refractivity contribution >= 4 is 11.6 Å². The van der Waals surface area contributed by atoms with E-state index in [0.29, 0.717) is 18.2 Å². The van der Waals surface area contributed by atoms with Crippen molar-refractivity contribution in [3.63, 3.8) is 0 Å². The number of aromatic nitrogens is 5. The highest BCUT2D eigenvalue weighted by Crippen LogP contribution is 2.23. The second-order valence-electron chi connectivity index (χ2n) is 5.73. The summed E-state index contributed by atoms with van der Waals surface area (Å²) >= 11 is 0. The van der Waals surface area contributed by atoms with E-state index < -0.39 is 0 Å². The third-order valence-corrected chi connectivity index (χ3v) is 4.32. The SMILES string of the molecule is CCC(CC)c1cc(CNc2c(C)c(C)nc3ncnn23)on1. The Bertz CT molecular complexity index is 802. The Morgan fingerprint density at radius 3 is 2.78 bits per heavy atom. The number of aryl methyl sites for hydroxylation is 1. The molecule has 0 aliphatic carbocycles. The van der Waals surface area contributed by atoms with Gasteiger partial charge in [0, 0.05) is 23.2 Å². The van der Waals surface area contributed by atoms with Gasteiger partial charge in [0.05, 0.1) is 12.2 Å². The van der Waals surface area contributed by atoms with E-state index in [1.54, 1.807) is 4.52 Å². The van der Waals surface area contributed by atoms with Gasteiger partial charge in [-0.05, 0) is 26.7 Å². The molecule has 3 aromatic rings. The van der Waals surface area contributed by atoms with E-state index in [-0.39, 0.29) is 0 Å². The molecule has 0 saturated heterocycles. The first-order chi connectivity index (χ1) is 11.1. The van der Waals surface area contributed by atoms with Crippen LogP contribution in [0.5, 0.6) is 0 Å². The molecule has 0 fully saturated rings. The van der Waals surface area contributed by atoms with Gasteiger partial charge in [-0.2, -0.15) is 14.6 Å². The van der Waals surface area contributed by atoms with Crippen LogP contribution in [0.3, 0.4) is 0 Å². The third-order valence-electron chi connectivity index (χ3n) is 4.32. The van der Waals surface area contributed by atoms with Crippen LogP contribution in [-0.4, -0.2) is 24.7 Å². The zero-order valence-electron chi connectivity index (χ0n) is 14.0. The van der Waals surface area contributed by atoms with Crippen LogP contribution in [0, 0.1) is 13.8 Å². The summed E-state index contributed by atoms with van der Waals surface area (Å²) in [5, 5.41) is 11.8. The van der Waals surface area contributed by atoms with Gasteiger partial charge in [-0.25, -0.2) is 4.98 Å². The van der Waals surface area contributed by atoms with Gasteiger partial charge < -0.3 is 9.84 Å². The van der Waals surface area contributed by atoms with Gasteiger partial charge in [0.15, 0.2) is 5.76 Å². The molecule has 0 aliphatic rings. The predicted octanol–water partition coefficient (Wildman–Crippen LogP) is 3.24. The Morgan fingerprint density at radius 1 is 1.26 bits per heavy atom. The first kappa shape index (κ1) is 15.5. The standard InChI is InChI=1S/C16H22N6O/c1-5-12(6-2)14-7-13(23-21-14)8-17-15-10(3)11(4)20-16-18-9-19-22(15)16/h7,9,12,17H,5-6,8H2,1-4H3. The Hall–Kier alpha value is -2.44. The van der Waals surface area contributed by atoms with Crippen LogP contribution in [0.15, 0.2) is 16.9 Å². The minimum atomic E-state index is 0.458. The zero-order chi connectivity index (χ0) is 16.4. The number of fused-ring (bicyclic) bond motifs is 1. The molecule has 1 N–H and O–H groups in total. The van der Waals surface area contributed by atoms with E-state index in [1.807, 2.05) is 19.9 Å². The fourth-order valence-electron chi connectivity index (χ4n) is 2.72. The Kier molecular flexibility index (Phi) is 4.27. The van der Waals surface area contributed by atoms with Gasteiger partial charge in [-0.3, -0.25) is 0 Å². The van der Waals surface area contributed by atoms with E-state index in [2.05, 4.69) is 39.4 Å². The lowest BCUT2D eigenvalue weighted by Gasteiger charge is -2.11. The first-order valence-corrected chi connectivity index (χ1v) is 8.00. The van der Waals surface area contributed by atoms with Gasteiger partial charge in [0.2, 0.25) is 0 Å². The zero-order valence-corrected chi connectivity index (χ0v) is 14.0. The molecule has 0 spiro atoms. The van der Waals surface area contributed by atoms with Crippen molar-refractivity contribution in [2.24, 2.45) is 0 Å². The van der Waals surface area contributed by atoms with E-state index in [4.69, 9.17) is 4.52 Å². The van der Waals surface area contributed by atoms with Crippen LogP contribution >= 0.6 is 0 Å². The van der Waals surface area contributed by atoms with Crippen LogP contribution in [0.4, 0.5) is 5.82 Å². The Balaban J connectivity index is 1.81. The number of rotatable bonds is 6. The number of nitrogens with one attached hydrogen (secondary N) is 1. The smallest absolute Gasteiger partial charge is 0.254 e. The molecule has 0 aromatic carbocycles. The monoisotopic (exact) mass is 314 g/mol. The van der Waals surface area contributed by atoms with Crippen LogP contribution in [0.2, 0.25) is 0 Å². The maximum Gasteiger partial charge on any atom is 0.254 e. The lowest BCUT2D eigenvalue weighted by Crippen LogP contribution is -2.09. The molecule has 3 heterocycles. The molecule has 0 amide bonds. The summed E-state index contributed by atoms with van der Waals surface area (Å²) in [5.74, 6) is 2.74. The summed E-state index contributed by atoms with van der Waals surface area (Å²) in [6.07, 6.45) is 3.64. The quantitative estimate of drug-likeness (QED) is 0.752. The molecule has 7 nitrogen and oxygen atoms in total. The topological polar surface area (TPSA) is 81.1 Å². The van der Waals surface area contributed by atoms with Gasteiger partial charge in [0.1, 0.15) is 12.1 Å². The Morgan fingerprint density at radius 2 is 2.04 bits per heavy atom. The van der Waals surface area contributed by atoms with Gasteiger partial charge >= 0.3 is 0 Å². The lowest BCUT2D eigenvalue weighted by molar-refractivity contribution is 0.374. The molecule has 3 aromatic heterocycles. The molecule has 7 heteroatoms. The van der Waals surface area contributed by atoms with Crippen molar-refractivity contribution in [1.29, 1.82) is 0 Å². The second kappa shape index (κ2) is 6.36. The van der Waals surface area contributed by atoms with Crippen molar-refractivity contribution in [3.8, 4) is 0 Å². The fraction of sp³-hybridized carbons (Fsp3) is 0.500. The maximum atomic E-state index is 5.46. The fourth-order valence-corrected chi connectivity index (χ4v) is 2.72. The van der Waals surface area contributed by atoms with Gasteiger partial charge in [-0.15, -0.1) is 0 Å². The minimum absolute atomic E-state index is 0.458. The van der Waals surface area contributed by atoms with Crippen molar-refractivity contribution in [2.75, 3.05) is 5.32 Å².